The van der Waals surface area contributed by atoms with Gasteiger partial charge < -0.3 is 9.55 Å². The van der Waals surface area contributed by atoms with Gasteiger partial charge in [0.15, 0.2) is 4.77 Å². The lowest BCUT2D eigenvalue weighted by Gasteiger charge is -2.07. The van der Waals surface area contributed by atoms with E-state index in [2.05, 4.69) is 33.0 Å². The number of aromatic nitrogens is 2. The molecule has 5 heteroatoms. The highest BCUT2D eigenvalue weighted by atomic mass is 79.9. The van der Waals surface area contributed by atoms with Gasteiger partial charge in [-0.3, -0.25) is 0 Å². The van der Waals surface area contributed by atoms with Crippen molar-refractivity contribution in [3.05, 3.63) is 62.8 Å². The van der Waals surface area contributed by atoms with E-state index in [-0.39, 0.29) is 0 Å². The van der Waals surface area contributed by atoms with Crippen molar-refractivity contribution >= 4 is 39.2 Å². The third kappa shape index (κ3) is 2.17. The van der Waals surface area contributed by atoms with E-state index in [0.29, 0.717) is 16.9 Å². The Morgan fingerprint density at radius 1 is 1.20 bits per heavy atom. The molecule has 0 spiro atoms. The molecule has 0 aliphatic carbocycles. The third-order valence-corrected chi connectivity index (χ3v) is 4.31. The van der Waals surface area contributed by atoms with Crippen LogP contribution in [0.25, 0.3) is 11.0 Å². The number of rotatable bonds is 2. The Labute approximate surface area is 129 Å². The average Bonchev–Trinajstić information content (AvgIpc) is 2.77. The van der Waals surface area contributed by atoms with Crippen molar-refractivity contribution in [1.82, 2.24) is 9.55 Å². The Hall–Kier alpha value is -1.90. The van der Waals surface area contributed by atoms with Crippen molar-refractivity contribution < 1.29 is 0 Å². The molecule has 0 bridgehead atoms. The van der Waals surface area contributed by atoms with Gasteiger partial charge >= 0.3 is 0 Å². The Bertz CT molecular complexity index is 886. The summed E-state index contributed by atoms with van der Waals surface area (Å²) in [5.74, 6) is 0. The number of hydrogen-bond acceptors (Lipinski definition) is 2. The first kappa shape index (κ1) is 13.1. The molecule has 0 fully saturated rings. The van der Waals surface area contributed by atoms with Crippen LogP contribution in [0.3, 0.4) is 0 Å². The average molecular weight is 344 g/mol. The predicted molar refractivity (Wildman–Crippen MR) is 85.1 cm³/mol. The van der Waals surface area contributed by atoms with Gasteiger partial charge in [0.25, 0.3) is 0 Å². The number of aromatic amines is 1. The van der Waals surface area contributed by atoms with Crippen molar-refractivity contribution in [1.29, 1.82) is 5.26 Å². The fourth-order valence-electron chi connectivity index (χ4n) is 2.23. The Balaban J connectivity index is 2.18. The van der Waals surface area contributed by atoms with Crippen molar-refractivity contribution in [3.8, 4) is 6.07 Å². The maximum atomic E-state index is 9.15. The van der Waals surface area contributed by atoms with Gasteiger partial charge in [0.05, 0.1) is 23.1 Å². The van der Waals surface area contributed by atoms with Crippen LogP contribution in [0, 0.1) is 16.1 Å². The van der Waals surface area contributed by atoms with E-state index in [0.717, 1.165) is 21.1 Å². The summed E-state index contributed by atoms with van der Waals surface area (Å²) in [5, 5.41) is 9.15. The molecule has 2 aromatic carbocycles. The molecule has 3 aromatic rings. The molecule has 1 heterocycles. The number of para-hydroxylation sites is 1. The number of halogens is 1. The highest BCUT2D eigenvalue weighted by Crippen LogP contribution is 2.22. The SMILES string of the molecule is N#Cc1cccc2c1[nH]c(=S)n2Cc1ccccc1Br. The van der Waals surface area contributed by atoms with E-state index in [9.17, 15) is 0 Å². The lowest BCUT2D eigenvalue weighted by Crippen LogP contribution is -2.00. The number of benzene rings is 2. The number of nitrogens with zero attached hydrogens (tertiary/aromatic N) is 2. The van der Waals surface area contributed by atoms with Crippen LogP contribution in [0.15, 0.2) is 46.9 Å². The molecular weight excluding hydrogens is 334 g/mol. The zero-order valence-corrected chi connectivity index (χ0v) is 12.8. The first-order chi connectivity index (χ1) is 9.70. The van der Waals surface area contributed by atoms with Crippen LogP contribution in [-0.2, 0) is 6.54 Å². The van der Waals surface area contributed by atoms with Gasteiger partial charge in [-0.15, -0.1) is 0 Å². The molecule has 0 unspecified atom stereocenters. The van der Waals surface area contributed by atoms with Crippen LogP contribution >= 0.6 is 28.1 Å². The summed E-state index contributed by atoms with van der Waals surface area (Å²) in [7, 11) is 0. The van der Waals surface area contributed by atoms with E-state index in [4.69, 9.17) is 17.5 Å². The van der Waals surface area contributed by atoms with E-state index >= 15 is 0 Å². The lowest BCUT2D eigenvalue weighted by molar-refractivity contribution is 0.807. The molecule has 0 radical (unpaired) electrons. The quantitative estimate of drug-likeness (QED) is 0.701. The molecule has 20 heavy (non-hydrogen) atoms. The van der Waals surface area contributed by atoms with Crippen LogP contribution in [-0.4, -0.2) is 9.55 Å². The minimum absolute atomic E-state index is 0.611. The second-order valence-corrected chi connectivity index (χ2v) is 5.66. The molecule has 1 N–H and O–H groups in total. The van der Waals surface area contributed by atoms with E-state index in [1.54, 1.807) is 6.07 Å². The van der Waals surface area contributed by atoms with E-state index in [1.165, 1.54) is 0 Å². The van der Waals surface area contributed by atoms with Crippen LogP contribution in [0.5, 0.6) is 0 Å². The zero-order valence-electron chi connectivity index (χ0n) is 10.4. The summed E-state index contributed by atoms with van der Waals surface area (Å²) < 4.78 is 3.68. The van der Waals surface area contributed by atoms with E-state index < -0.39 is 0 Å². The minimum Gasteiger partial charge on any atom is -0.329 e. The number of nitriles is 1. The second kappa shape index (κ2) is 5.23. The highest BCUT2D eigenvalue weighted by molar-refractivity contribution is 9.10. The molecule has 0 amide bonds. The van der Waals surface area contributed by atoms with Gasteiger partial charge in [0.2, 0.25) is 0 Å². The van der Waals surface area contributed by atoms with Gasteiger partial charge in [0.1, 0.15) is 6.07 Å². The number of nitrogens with one attached hydrogen (secondary N) is 1. The highest BCUT2D eigenvalue weighted by Gasteiger charge is 2.09. The summed E-state index contributed by atoms with van der Waals surface area (Å²) in [6.45, 7) is 0.662. The molecule has 98 valence electrons. The fourth-order valence-corrected chi connectivity index (χ4v) is 2.90. The Morgan fingerprint density at radius 2 is 2.00 bits per heavy atom. The molecular formula is C15H10BrN3S. The van der Waals surface area contributed by atoms with Crippen LogP contribution < -0.4 is 0 Å². The first-order valence-corrected chi connectivity index (χ1v) is 7.26. The van der Waals surface area contributed by atoms with Gasteiger partial charge in [0, 0.05) is 4.47 Å². The summed E-state index contributed by atoms with van der Waals surface area (Å²) in [6, 6.07) is 15.9. The maximum absolute atomic E-state index is 9.15. The summed E-state index contributed by atoms with van der Waals surface area (Å²) >= 11 is 8.93. The first-order valence-electron chi connectivity index (χ1n) is 6.06. The van der Waals surface area contributed by atoms with Crippen LogP contribution in [0.2, 0.25) is 0 Å². The van der Waals surface area contributed by atoms with Crippen molar-refractivity contribution in [2.75, 3.05) is 0 Å². The smallest absolute Gasteiger partial charge is 0.178 e. The van der Waals surface area contributed by atoms with Crippen molar-refractivity contribution in [3.63, 3.8) is 0 Å². The Kier molecular flexibility index (Phi) is 3.43. The lowest BCUT2D eigenvalue weighted by atomic mass is 10.2. The van der Waals surface area contributed by atoms with Gasteiger partial charge in [-0.2, -0.15) is 5.26 Å². The Morgan fingerprint density at radius 3 is 2.75 bits per heavy atom. The minimum atomic E-state index is 0.611. The molecule has 0 atom stereocenters. The summed E-state index contributed by atoms with van der Waals surface area (Å²) in [6.07, 6.45) is 0. The fraction of sp³-hybridized carbons (Fsp3) is 0.0667. The molecule has 3 rings (SSSR count). The largest absolute Gasteiger partial charge is 0.329 e. The predicted octanol–water partition coefficient (Wildman–Crippen LogP) is 4.38. The molecule has 0 aliphatic heterocycles. The monoisotopic (exact) mass is 343 g/mol. The van der Waals surface area contributed by atoms with E-state index in [1.807, 2.05) is 34.9 Å². The third-order valence-electron chi connectivity index (χ3n) is 3.22. The van der Waals surface area contributed by atoms with Crippen LogP contribution in [0.1, 0.15) is 11.1 Å². The second-order valence-electron chi connectivity index (χ2n) is 4.42. The summed E-state index contributed by atoms with van der Waals surface area (Å²) in [5.41, 5.74) is 3.50. The van der Waals surface area contributed by atoms with Crippen molar-refractivity contribution in [2.24, 2.45) is 0 Å². The molecule has 1 aromatic heterocycles. The number of fused-ring (bicyclic) bond motifs is 1. The number of H-pyrrole nitrogens is 1. The normalized spacial score (nSPS) is 10.6. The standard InChI is InChI=1S/C15H10BrN3S/c16-12-6-2-1-4-11(12)9-19-13-7-3-5-10(8-17)14(13)18-15(19)20/h1-7H,9H2,(H,18,20). The van der Waals surface area contributed by atoms with Crippen LogP contribution in [0.4, 0.5) is 0 Å². The topological polar surface area (TPSA) is 44.5 Å². The van der Waals surface area contributed by atoms with Gasteiger partial charge in [-0.05, 0) is 36.0 Å². The molecule has 0 saturated heterocycles. The van der Waals surface area contributed by atoms with Gasteiger partial charge in [-0.25, -0.2) is 0 Å². The van der Waals surface area contributed by atoms with Gasteiger partial charge in [-0.1, -0.05) is 40.2 Å². The maximum Gasteiger partial charge on any atom is 0.178 e. The molecule has 0 aliphatic rings. The van der Waals surface area contributed by atoms with Crippen molar-refractivity contribution in [2.45, 2.75) is 6.54 Å². The molecule has 0 saturated carbocycles. The number of imidazole rings is 1. The molecule has 3 nitrogen and oxygen atoms in total. The number of hydrogen-bond donors (Lipinski definition) is 1. The zero-order chi connectivity index (χ0) is 14.1. The summed E-state index contributed by atoms with van der Waals surface area (Å²) in [4.78, 5) is 3.13.